The van der Waals surface area contributed by atoms with Gasteiger partial charge in [0.25, 0.3) is 0 Å². The molecule has 1 aromatic heterocycles. The van der Waals surface area contributed by atoms with Crippen molar-refractivity contribution in [3.8, 4) is 0 Å². The maximum atomic E-state index is 12.4. The molecule has 25 heavy (non-hydrogen) atoms. The van der Waals surface area contributed by atoms with Gasteiger partial charge in [-0.15, -0.1) is 0 Å². The Morgan fingerprint density at radius 1 is 1.40 bits per heavy atom. The number of para-hydroxylation sites is 2. The summed E-state index contributed by atoms with van der Waals surface area (Å²) in [6, 6.07) is 7.37. The first-order chi connectivity index (χ1) is 12.0. The minimum Gasteiger partial charge on any atom is -0.376 e. The number of nitrogens with zero attached hydrogens (tertiary/aromatic N) is 2. The summed E-state index contributed by atoms with van der Waals surface area (Å²) in [7, 11) is 0. The lowest BCUT2D eigenvalue weighted by molar-refractivity contribution is -0.122. The Bertz CT molecular complexity index is 765. The normalized spacial score (nSPS) is 18.2. The molecule has 0 unspecified atom stereocenters. The lowest BCUT2D eigenvalue weighted by Gasteiger charge is -2.16. The largest absolute Gasteiger partial charge is 0.376 e. The topological polar surface area (TPSA) is 85.2 Å². The molecule has 2 heterocycles. The molecule has 0 saturated carbocycles. The molecular weight excluding hydrogens is 320 g/mol. The fraction of sp³-hybridized carbons (Fsp3) is 0.500. The fourth-order valence-corrected chi connectivity index (χ4v) is 3.19. The average molecular weight is 344 g/mol. The van der Waals surface area contributed by atoms with E-state index in [1.54, 1.807) is 0 Å². The third kappa shape index (κ3) is 4.17. The van der Waals surface area contributed by atoms with E-state index in [9.17, 15) is 9.59 Å². The highest BCUT2D eigenvalue weighted by Crippen LogP contribution is 2.20. The van der Waals surface area contributed by atoms with Crippen molar-refractivity contribution in [1.29, 1.82) is 0 Å². The molecule has 0 radical (unpaired) electrons. The fourth-order valence-electron chi connectivity index (χ4n) is 3.19. The van der Waals surface area contributed by atoms with Crippen molar-refractivity contribution >= 4 is 22.8 Å². The van der Waals surface area contributed by atoms with Crippen LogP contribution in [0.5, 0.6) is 0 Å². The van der Waals surface area contributed by atoms with Crippen LogP contribution in [0, 0.1) is 0 Å². The molecule has 7 heteroatoms. The van der Waals surface area contributed by atoms with Crippen molar-refractivity contribution in [1.82, 2.24) is 20.2 Å². The number of rotatable bonds is 6. The predicted octanol–water partition coefficient (Wildman–Crippen LogP) is 1.53. The second kappa shape index (κ2) is 7.65. The minimum atomic E-state index is -0.282. The average Bonchev–Trinajstić information content (AvgIpc) is 3.20. The molecule has 1 aromatic carbocycles. The Hall–Kier alpha value is -2.41. The number of aromatic nitrogens is 2. The number of amides is 2. The summed E-state index contributed by atoms with van der Waals surface area (Å²) in [5.74, 6) is 0.451. The molecule has 1 fully saturated rings. The number of hydrogen-bond donors (Lipinski definition) is 2. The number of ether oxygens (including phenoxy) is 1. The first-order valence-electron chi connectivity index (χ1n) is 8.65. The van der Waals surface area contributed by atoms with Crippen LogP contribution < -0.4 is 10.6 Å². The van der Waals surface area contributed by atoms with Gasteiger partial charge < -0.3 is 19.9 Å². The number of carbonyl (C=O) groups is 2. The van der Waals surface area contributed by atoms with Crippen LogP contribution >= 0.6 is 0 Å². The molecular formula is C18H24N4O3. The maximum absolute atomic E-state index is 12.4. The first kappa shape index (κ1) is 17.4. The summed E-state index contributed by atoms with van der Waals surface area (Å²) in [4.78, 5) is 28.4. The predicted molar refractivity (Wildman–Crippen MR) is 93.9 cm³/mol. The molecule has 2 N–H and O–H groups in total. The Labute approximate surface area is 146 Å². The number of hydrogen-bond acceptors (Lipinski definition) is 4. The Balaban J connectivity index is 1.77. The van der Waals surface area contributed by atoms with E-state index in [4.69, 9.17) is 4.74 Å². The van der Waals surface area contributed by atoms with Crippen LogP contribution in [0.25, 0.3) is 11.0 Å². The first-order valence-corrected chi connectivity index (χ1v) is 8.65. The van der Waals surface area contributed by atoms with E-state index in [2.05, 4.69) is 15.6 Å². The van der Waals surface area contributed by atoms with E-state index in [0.29, 0.717) is 12.4 Å². The van der Waals surface area contributed by atoms with Gasteiger partial charge in [0.15, 0.2) is 0 Å². The van der Waals surface area contributed by atoms with Crippen LogP contribution in [0.3, 0.4) is 0 Å². The van der Waals surface area contributed by atoms with E-state index >= 15 is 0 Å². The zero-order chi connectivity index (χ0) is 17.8. The molecule has 7 nitrogen and oxygen atoms in total. The molecule has 0 spiro atoms. The monoisotopic (exact) mass is 344 g/mol. The summed E-state index contributed by atoms with van der Waals surface area (Å²) >= 11 is 0. The third-order valence-corrected chi connectivity index (χ3v) is 4.34. The molecule has 2 aromatic rings. The van der Waals surface area contributed by atoms with Crippen LogP contribution in [0.15, 0.2) is 24.3 Å². The highest BCUT2D eigenvalue weighted by Gasteiger charge is 2.20. The summed E-state index contributed by atoms with van der Waals surface area (Å²) in [5, 5.41) is 5.77. The van der Waals surface area contributed by atoms with Crippen LogP contribution in [0.4, 0.5) is 0 Å². The van der Waals surface area contributed by atoms with Crippen molar-refractivity contribution in [2.75, 3.05) is 13.2 Å². The highest BCUT2D eigenvalue weighted by atomic mass is 16.5. The van der Waals surface area contributed by atoms with Gasteiger partial charge in [-0.2, -0.15) is 0 Å². The summed E-state index contributed by atoms with van der Waals surface area (Å²) in [6.07, 6.45) is 2.14. The number of fused-ring (bicyclic) bond motifs is 1. The van der Waals surface area contributed by atoms with Gasteiger partial charge in [0.05, 0.1) is 23.2 Å². The van der Waals surface area contributed by atoms with Crippen molar-refractivity contribution in [3.63, 3.8) is 0 Å². The van der Waals surface area contributed by atoms with Crippen molar-refractivity contribution in [2.45, 2.75) is 45.4 Å². The van der Waals surface area contributed by atoms with Crippen LogP contribution in [-0.2, 0) is 20.9 Å². The van der Waals surface area contributed by atoms with Gasteiger partial charge in [0, 0.05) is 20.1 Å². The lowest BCUT2D eigenvalue weighted by atomic mass is 10.2. The van der Waals surface area contributed by atoms with Gasteiger partial charge in [-0.3, -0.25) is 9.59 Å². The second-order valence-electron chi connectivity index (χ2n) is 6.41. The number of imidazole rings is 1. The number of nitrogens with one attached hydrogen (secondary N) is 2. The standard InChI is InChI=1S/C18H24N4O3/c1-12(20-13(2)23)18-21-15-7-3-4-8-16(15)22(18)11-17(24)19-10-14-6-5-9-25-14/h3-4,7-8,12,14H,5-6,9-11H2,1-2H3,(H,19,24)(H,20,23)/t12-,14+/m1/s1. The maximum Gasteiger partial charge on any atom is 0.240 e. The van der Waals surface area contributed by atoms with Crippen molar-refractivity contribution < 1.29 is 14.3 Å². The quantitative estimate of drug-likeness (QED) is 0.832. The van der Waals surface area contributed by atoms with Crippen LogP contribution in [-0.4, -0.2) is 40.6 Å². The van der Waals surface area contributed by atoms with E-state index in [0.717, 1.165) is 30.5 Å². The number of benzene rings is 1. The third-order valence-electron chi connectivity index (χ3n) is 4.34. The molecule has 1 aliphatic heterocycles. The summed E-state index contributed by atoms with van der Waals surface area (Å²) < 4.78 is 7.40. The SMILES string of the molecule is CC(=O)N[C@H](C)c1nc2ccccc2n1CC(=O)NC[C@@H]1CCCO1. The molecule has 2 atom stereocenters. The van der Waals surface area contributed by atoms with Gasteiger partial charge in [-0.25, -0.2) is 4.98 Å². The Morgan fingerprint density at radius 2 is 2.20 bits per heavy atom. The van der Waals surface area contributed by atoms with Crippen LogP contribution in [0.2, 0.25) is 0 Å². The van der Waals surface area contributed by atoms with E-state index < -0.39 is 0 Å². The van der Waals surface area contributed by atoms with E-state index in [1.807, 2.05) is 35.8 Å². The molecule has 0 bridgehead atoms. The van der Waals surface area contributed by atoms with Crippen molar-refractivity contribution in [2.24, 2.45) is 0 Å². The van der Waals surface area contributed by atoms with Gasteiger partial charge in [0.1, 0.15) is 12.4 Å². The molecule has 134 valence electrons. The Kier molecular flexibility index (Phi) is 5.33. The zero-order valence-electron chi connectivity index (χ0n) is 14.6. The molecule has 2 amide bonds. The molecule has 1 saturated heterocycles. The van der Waals surface area contributed by atoms with Gasteiger partial charge >= 0.3 is 0 Å². The van der Waals surface area contributed by atoms with Gasteiger partial charge in [-0.1, -0.05) is 12.1 Å². The van der Waals surface area contributed by atoms with Gasteiger partial charge in [0.2, 0.25) is 11.8 Å². The molecule has 0 aliphatic carbocycles. The smallest absolute Gasteiger partial charge is 0.240 e. The van der Waals surface area contributed by atoms with Crippen LogP contribution in [0.1, 0.15) is 38.6 Å². The summed E-state index contributed by atoms with van der Waals surface area (Å²) in [6.45, 7) is 4.79. The van der Waals surface area contributed by atoms with Gasteiger partial charge in [-0.05, 0) is 31.9 Å². The second-order valence-corrected chi connectivity index (χ2v) is 6.41. The lowest BCUT2D eigenvalue weighted by Crippen LogP contribution is -2.35. The molecule has 1 aliphatic rings. The number of carbonyl (C=O) groups excluding carboxylic acids is 2. The zero-order valence-corrected chi connectivity index (χ0v) is 14.6. The van der Waals surface area contributed by atoms with E-state index in [-0.39, 0.29) is 30.5 Å². The minimum absolute atomic E-state index is 0.0880. The summed E-state index contributed by atoms with van der Waals surface area (Å²) in [5.41, 5.74) is 1.68. The Morgan fingerprint density at radius 3 is 2.92 bits per heavy atom. The van der Waals surface area contributed by atoms with Crippen molar-refractivity contribution in [3.05, 3.63) is 30.1 Å². The molecule has 3 rings (SSSR count). The van der Waals surface area contributed by atoms with E-state index in [1.165, 1.54) is 6.92 Å². The highest BCUT2D eigenvalue weighted by molar-refractivity contribution is 5.81.